The fraction of sp³-hybridized carbons (Fsp3) is 0.867. The van der Waals surface area contributed by atoms with Crippen LogP contribution < -0.4 is 0 Å². The van der Waals surface area contributed by atoms with E-state index in [2.05, 4.69) is 0 Å². The number of carboxylic acid groups (broad SMARTS) is 2. The number of aliphatic hydroxyl groups is 1. The second-order valence-electron chi connectivity index (χ2n) is 6.50. The minimum atomic E-state index is -0.861. The molecule has 114 valence electrons. The summed E-state index contributed by atoms with van der Waals surface area (Å²) in [5.74, 6) is -2.06. The van der Waals surface area contributed by atoms with E-state index in [1.54, 1.807) is 0 Å². The van der Waals surface area contributed by atoms with Crippen molar-refractivity contribution in [1.29, 1.82) is 0 Å². The third-order valence-corrected chi connectivity index (χ3v) is 5.17. The lowest BCUT2D eigenvalue weighted by molar-refractivity contribution is -0.153. The molecule has 0 aliphatic heterocycles. The summed E-state index contributed by atoms with van der Waals surface area (Å²) in [5.41, 5.74) is -1.69. The number of aliphatic hydroxyl groups excluding tert-OH is 1. The summed E-state index contributed by atoms with van der Waals surface area (Å²) in [6.07, 6.45) is 4.42. The van der Waals surface area contributed by atoms with Crippen molar-refractivity contribution in [2.24, 2.45) is 16.7 Å². The minimum absolute atomic E-state index is 0.337. The predicted molar refractivity (Wildman–Crippen MR) is 72.2 cm³/mol. The normalized spacial score (nSPS) is 23.4. The molecule has 2 fully saturated rings. The lowest BCUT2D eigenvalue weighted by atomic mass is 9.73. The van der Waals surface area contributed by atoms with Crippen LogP contribution in [0.1, 0.15) is 58.3 Å². The number of aliphatic carboxylic acids is 2. The highest BCUT2D eigenvalue weighted by Gasteiger charge is 2.68. The van der Waals surface area contributed by atoms with Crippen LogP contribution in [0.5, 0.6) is 0 Å². The Morgan fingerprint density at radius 2 is 1.40 bits per heavy atom. The average Bonchev–Trinajstić information content (AvgIpc) is 3.24. The lowest BCUT2D eigenvalue weighted by Gasteiger charge is -2.30. The van der Waals surface area contributed by atoms with Crippen LogP contribution in [-0.2, 0) is 9.59 Å². The first-order valence-corrected chi connectivity index (χ1v) is 7.54. The van der Waals surface area contributed by atoms with Gasteiger partial charge in [-0.15, -0.1) is 0 Å². The van der Waals surface area contributed by atoms with E-state index in [4.69, 9.17) is 0 Å². The standard InChI is InChI=1S/C15H24O5/c1-2-3-10(16)4-5-11(14(6-7-14)12(17)18)15(8-9-15)13(19)20/h10-11,16H,2-9H2,1H3,(H,17,18)(H,19,20). The lowest BCUT2D eigenvalue weighted by Crippen LogP contribution is -2.37. The first-order chi connectivity index (χ1) is 9.39. The van der Waals surface area contributed by atoms with Gasteiger partial charge in [-0.25, -0.2) is 0 Å². The summed E-state index contributed by atoms with van der Waals surface area (Å²) < 4.78 is 0. The van der Waals surface area contributed by atoms with Crippen LogP contribution in [-0.4, -0.2) is 33.4 Å². The van der Waals surface area contributed by atoms with Gasteiger partial charge in [-0.1, -0.05) is 13.3 Å². The molecule has 0 aromatic carbocycles. The van der Waals surface area contributed by atoms with Gasteiger partial charge in [0.25, 0.3) is 0 Å². The van der Waals surface area contributed by atoms with Gasteiger partial charge in [-0.05, 0) is 50.9 Å². The van der Waals surface area contributed by atoms with Gasteiger partial charge in [0.1, 0.15) is 0 Å². The topological polar surface area (TPSA) is 94.8 Å². The number of carboxylic acids is 2. The Balaban J connectivity index is 2.10. The summed E-state index contributed by atoms with van der Waals surface area (Å²) in [6, 6.07) is 0. The van der Waals surface area contributed by atoms with Gasteiger partial charge in [0.05, 0.1) is 16.9 Å². The highest BCUT2D eigenvalue weighted by Crippen LogP contribution is 2.67. The maximum absolute atomic E-state index is 11.5. The van der Waals surface area contributed by atoms with Crippen molar-refractivity contribution in [2.75, 3.05) is 0 Å². The fourth-order valence-electron chi connectivity index (χ4n) is 3.61. The summed E-state index contributed by atoms with van der Waals surface area (Å²) >= 11 is 0. The molecule has 3 N–H and O–H groups in total. The van der Waals surface area contributed by atoms with Crippen molar-refractivity contribution in [3.8, 4) is 0 Å². The molecule has 2 rings (SSSR count). The maximum Gasteiger partial charge on any atom is 0.309 e. The van der Waals surface area contributed by atoms with Gasteiger partial charge < -0.3 is 15.3 Å². The second-order valence-corrected chi connectivity index (χ2v) is 6.50. The molecule has 0 aromatic rings. The van der Waals surface area contributed by atoms with Gasteiger partial charge >= 0.3 is 11.9 Å². The smallest absolute Gasteiger partial charge is 0.309 e. The van der Waals surface area contributed by atoms with Gasteiger partial charge in [-0.2, -0.15) is 0 Å². The Kier molecular flexibility index (Phi) is 4.09. The van der Waals surface area contributed by atoms with Crippen molar-refractivity contribution >= 4 is 11.9 Å². The van der Waals surface area contributed by atoms with E-state index in [9.17, 15) is 24.9 Å². The van der Waals surface area contributed by atoms with Gasteiger partial charge in [0, 0.05) is 0 Å². The second kappa shape index (κ2) is 5.35. The predicted octanol–water partition coefficient (Wildman–Crippen LogP) is 2.27. The molecule has 0 spiro atoms. The van der Waals surface area contributed by atoms with Crippen molar-refractivity contribution in [2.45, 2.75) is 64.4 Å². The summed E-state index contributed by atoms with van der Waals surface area (Å²) in [6.45, 7) is 1.99. The summed E-state index contributed by atoms with van der Waals surface area (Å²) in [4.78, 5) is 23.1. The first kappa shape index (κ1) is 15.3. The van der Waals surface area contributed by atoms with E-state index < -0.39 is 28.9 Å². The van der Waals surface area contributed by atoms with Crippen molar-refractivity contribution in [3.63, 3.8) is 0 Å². The third kappa shape index (κ3) is 2.55. The van der Waals surface area contributed by atoms with E-state index in [0.29, 0.717) is 44.9 Å². The van der Waals surface area contributed by atoms with Crippen LogP contribution in [0.2, 0.25) is 0 Å². The van der Waals surface area contributed by atoms with Gasteiger partial charge in [-0.3, -0.25) is 9.59 Å². The molecule has 0 amide bonds. The highest BCUT2D eigenvalue weighted by atomic mass is 16.4. The molecule has 1 unspecified atom stereocenters. The van der Waals surface area contributed by atoms with Crippen molar-refractivity contribution in [1.82, 2.24) is 0 Å². The highest BCUT2D eigenvalue weighted by molar-refractivity contribution is 5.83. The number of hydrogen-bond acceptors (Lipinski definition) is 3. The molecule has 0 radical (unpaired) electrons. The molecular formula is C15H24O5. The Labute approximate surface area is 119 Å². The average molecular weight is 284 g/mol. The quantitative estimate of drug-likeness (QED) is 0.603. The number of rotatable bonds is 9. The zero-order valence-corrected chi connectivity index (χ0v) is 12.0. The summed E-state index contributed by atoms with van der Waals surface area (Å²) in [7, 11) is 0. The molecule has 20 heavy (non-hydrogen) atoms. The Morgan fingerprint density at radius 3 is 1.70 bits per heavy atom. The summed E-state index contributed by atoms with van der Waals surface area (Å²) in [5, 5.41) is 28.8. The molecular weight excluding hydrogens is 260 g/mol. The van der Waals surface area contributed by atoms with E-state index in [1.807, 2.05) is 6.92 Å². The zero-order valence-electron chi connectivity index (χ0n) is 12.0. The molecule has 0 bridgehead atoms. The zero-order chi connectivity index (χ0) is 15.0. The van der Waals surface area contributed by atoms with E-state index in [-0.39, 0.29) is 5.92 Å². The largest absolute Gasteiger partial charge is 0.481 e. The molecule has 2 saturated carbocycles. The molecule has 0 saturated heterocycles. The number of carbonyl (C=O) groups is 2. The van der Waals surface area contributed by atoms with Gasteiger partial charge in [0.15, 0.2) is 0 Å². The molecule has 0 aromatic heterocycles. The Hall–Kier alpha value is -1.10. The minimum Gasteiger partial charge on any atom is -0.481 e. The van der Waals surface area contributed by atoms with Gasteiger partial charge in [0.2, 0.25) is 0 Å². The monoisotopic (exact) mass is 284 g/mol. The van der Waals surface area contributed by atoms with E-state index in [0.717, 1.165) is 6.42 Å². The third-order valence-electron chi connectivity index (χ3n) is 5.17. The van der Waals surface area contributed by atoms with Crippen LogP contribution in [0.4, 0.5) is 0 Å². The van der Waals surface area contributed by atoms with Crippen LogP contribution in [0.3, 0.4) is 0 Å². The van der Waals surface area contributed by atoms with Crippen molar-refractivity contribution in [3.05, 3.63) is 0 Å². The molecule has 1 atom stereocenters. The maximum atomic E-state index is 11.5. The van der Waals surface area contributed by atoms with E-state index >= 15 is 0 Å². The van der Waals surface area contributed by atoms with Crippen LogP contribution in [0.25, 0.3) is 0 Å². The van der Waals surface area contributed by atoms with Crippen LogP contribution in [0, 0.1) is 16.7 Å². The molecule has 2 aliphatic carbocycles. The Bertz CT molecular complexity index is 365. The SMILES string of the molecule is CCCC(O)CCC(C1(C(=O)O)CC1)C1(C(=O)O)CC1. The Morgan fingerprint density at radius 1 is 0.950 bits per heavy atom. The van der Waals surface area contributed by atoms with Crippen LogP contribution >= 0.6 is 0 Å². The first-order valence-electron chi connectivity index (χ1n) is 7.54. The van der Waals surface area contributed by atoms with Crippen LogP contribution in [0.15, 0.2) is 0 Å². The van der Waals surface area contributed by atoms with E-state index in [1.165, 1.54) is 0 Å². The molecule has 5 nitrogen and oxygen atoms in total. The molecule has 5 heteroatoms. The molecule has 0 heterocycles. The number of hydrogen-bond donors (Lipinski definition) is 3. The van der Waals surface area contributed by atoms with Crippen molar-refractivity contribution < 1.29 is 24.9 Å². The fourth-order valence-corrected chi connectivity index (χ4v) is 3.61. The molecule has 2 aliphatic rings.